The van der Waals surface area contributed by atoms with Gasteiger partial charge in [0.15, 0.2) is 0 Å². The average Bonchev–Trinajstić information content (AvgIpc) is 2.34. The van der Waals surface area contributed by atoms with Crippen molar-refractivity contribution in [2.75, 3.05) is 24.5 Å². The van der Waals surface area contributed by atoms with Crippen LogP contribution in [0.3, 0.4) is 0 Å². The van der Waals surface area contributed by atoms with Crippen LogP contribution in [-0.4, -0.2) is 19.6 Å². The summed E-state index contributed by atoms with van der Waals surface area (Å²) in [6.07, 6.45) is 3.62. The van der Waals surface area contributed by atoms with Crippen LogP contribution in [-0.2, 0) is 0 Å². The van der Waals surface area contributed by atoms with Gasteiger partial charge in [0.05, 0.1) is 0 Å². The van der Waals surface area contributed by atoms with Gasteiger partial charge in [0, 0.05) is 18.8 Å². The van der Waals surface area contributed by atoms with Crippen molar-refractivity contribution in [3.05, 3.63) is 29.8 Å². The second-order valence-electron chi connectivity index (χ2n) is 5.32. The van der Waals surface area contributed by atoms with Gasteiger partial charge in [-0.15, -0.1) is 0 Å². The lowest BCUT2D eigenvalue weighted by molar-refractivity contribution is 0.509. The largest absolute Gasteiger partial charge is 0.371 e. The van der Waals surface area contributed by atoms with Crippen molar-refractivity contribution < 1.29 is 0 Å². The van der Waals surface area contributed by atoms with Crippen LogP contribution in [0, 0.1) is 12.8 Å². The first-order chi connectivity index (χ1) is 8.67. The number of nitrogens with two attached hydrogens (primary N) is 1. The first kappa shape index (κ1) is 15.0. The molecule has 1 aromatic rings. The third-order valence-electron chi connectivity index (χ3n) is 3.31. The van der Waals surface area contributed by atoms with Crippen LogP contribution in [0.2, 0.25) is 0 Å². The molecule has 0 aliphatic carbocycles. The number of benzene rings is 1. The molecule has 0 aliphatic rings. The van der Waals surface area contributed by atoms with E-state index < -0.39 is 0 Å². The number of hydrogen-bond donors (Lipinski definition) is 1. The Labute approximate surface area is 112 Å². The summed E-state index contributed by atoms with van der Waals surface area (Å²) >= 11 is 0. The molecule has 0 spiro atoms. The van der Waals surface area contributed by atoms with E-state index in [1.54, 1.807) is 0 Å². The molecule has 0 radical (unpaired) electrons. The van der Waals surface area contributed by atoms with Crippen molar-refractivity contribution in [1.82, 2.24) is 0 Å². The van der Waals surface area contributed by atoms with Crippen molar-refractivity contribution in [3.63, 3.8) is 0 Å². The first-order valence-corrected chi connectivity index (χ1v) is 7.19. The van der Waals surface area contributed by atoms with E-state index in [1.165, 1.54) is 24.1 Å². The van der Waals surface area contributed by atoms with Gasteiger partial charge in [-0.1, -0.05) is 32.4 Å². The lowest BCUT2D eigenvalue weighted by Gasteiger charge is -2.28. The number of nitrogens with zero attached hydrogens (tertiary/aromatic N) is 1. The molecule has 0 saturated carbocycles. The predicted octanol–water partition coefficient (Wildman–Crippen LogP) is 3.59. The molecule has 1 aromatic carbocycles. The van der Waals surface area contributed by atoms with Gasteiger partial charge in [-0.25, -0.2) is 0 Å². The number of aryl methyl sites for hydroxylation is 1. The fraction of sp³-hybridized carbons (Fsp3) is 0.625. The van der Waals surface area contributed by atoms with E-state index in [1.807, 2.05) is 0 Å². The third kappa shape index (κ3) is 5.09. The Hall–Kier alpha value is -1.02. The van der Waals surface area contributed by atoms with Crippen LogP contribution < -0.4 is 10.6 Å². The zero-order valence-electron chi connectivity index (χ0n) is 12.2. The van der Waals surface area contributed by atoms with Gasteiger partial charge in [-0.05, 0) is 49.9 Å². The highest BCUT2D eigenvalue weighted by atomic mass is 15.1. The van der Waals surface area contributed by atoms with Crippen LogP contribution in [0.25, 0.3) is 0 Å². The first-order valence-electron chi connectivity index (χ1n) is 7.19. The second kappa shape index (κ2) is 8.15. The van der Waals surface area contributed by atoms with E-state index in [-0.39, 0.29) is 0 Å². The Morgan fingerprint density at radius 1 is 1.33 bits per heavy atom. The Balaban J connectivity index is 2.70. The fourth-order valence-corrected chi connectivity index (χ4v) is 2.39. The molecule has 0 bridgehead atoms. The van der Waals surface area contributed by atoms with Crippen molar-refractivity contribution in [2.24, 2.45) is 11.7 Å². The molecule has 0 aliphatic heterocycles. The molecule has 1 unspecified atom stereocenters. The maximum Gasteiger partial charge on any atom is 0.0368 e. The van der Waals surface area contributed by atoms with Gasteiger partial charge in [-0.3, -0.25) is 0 Å². The summed E-state index contributed by atoms with van der Waals surface area (Å²) < 4.78 is 0. The molecule has 1 rings (SSSR count). The van der Waals surface area contributed by atoms with Crippen molar-refractivity contribution in [2.45, 2.75) is 40.0 Å². The highest BCUT2D eigenvalue weighted by molar-refractivity contribution is 5.48. The smallest absolute Gasteiger partial charge is 0.0368 e. The molecule has 0 saturated heterocycles. The van der Waals surface area contributed by atoms with Crippen molar-refractivity contribution in [3.8, 4) is 0 Å². The molecule has 0 aromatic heterocycles. The minimum atomic E-state index is 0.744. The topological polar surface area (TPSA) is 29.3 Å². The zero-order valence-corrected chi connectivity index (χ0v) is 12.2. The van der Waals surface area contributed by atoms with E-state index in [4.69, 9.17) is 5.73 Å². The summed E-state index contributed by atoms with van der Waals surface area (Å²) in [6, 6.07) is 8.78. The minimum Gasteiger partial charge on any atom is -0.371 e. The van der Waals surface area contributed by atoms with Gasteiger partial charge in [0.1, 0.15) is 0 Å². The Morgan fingerprint density at radius 2 is 2.11 bits per heavy atom. The Bertz CT molecular complexity index is 336. The van der Waals surface area contributed by atoms with Gasteiger partial charge in [0.2, 0.25) is 0 Å². The number of anilines is 1. The Kier molecular flexibility index (Phi) is 6.81. The quantitative estimate of drug-likeness (QED) is 0.762. The van der Waals surface area contributed by atoms with Gasteiger partial charge in [-0.2, -0.15) is 0 Å². The van der Waals surface area contributed by atoms with Gasteiger partial charge in [0.25, 0.3) is 0 Å². The van der Waals surface area contributed by atoms with E-state index in [9.17, 15) is 0 Å². The summed E-state index contributed by atoms with van der Waals surface area (Å²) in [6.45, 7) is 9.72. The highest BCUT2D eigenvalue weighted by Gasteiger charge is 2.10. The molecule has 1 atom stereocenters. The van der Waals surface area contributed by atoms with E-state index in [0.717, 1.165) is 32.0 Å². The van der Waals surface area contributed by atoms with Crippen molar-refractivity contribution >= 4 is 5.69 Å². The van der Waals surface area contributed by atoms with Crippen LogP contribution in [0.15, 0.2) is 24.3 Å². The number of rotatable bonds is 8. The summed E-state index contributed by atoms with van der Waals surface area (Å²) in [7, 11) is 0. The zero-order chi connectivity index (χ0) is 13.4. The summed E-state index contributed by atoms with van der Waals surface area (Å²) in [4.78, 5) is 2.49. The van der Waals surface area contributed by atoms with Crippen LogP contribution in [0.4, 0.5) is 5.69 Å². The van der Waals surface area contributed by atoms with Crippen LogP contribution >= 0.6 is 0 Å². The lowest BCUT2D eigenvalue weighted by atomic mass is 10.0. The van der Waals surface area contributed by atoms with Crippen LogP contribution in [0.1, 0.15) is 38.7 Å². The normalized spacial score (nSPS) is 12.4. The number of hydrogen-bond acceptors (Lipinski definition) is 2. The molecule has 0 fully saturated rings. The van der Waals surface area contributed by atoms with Crippen LogP contribution in [0.5, 0.6) is 0 Å². The molecule has 2 N–H and O–H groups in total. The maximum absolute atomic E-state index is 5.65. The Morgan fingerprint density at radius 3 is 2.72 bits per heavy atom. The van der Waals surface area contributed by atoms with Crippen molar-refractivity contribution in [1.29, 1.82) is 0 Å². The molecule has 0 heterocycles. The SMILES string of the molecule is CCCC(C)CN(CCCN)c1cccc(C)c1. The standard InChI is InChI=1S/C16H28N2/c1-4-7-15(3)13-18(11-6-10-17)16-9-5-8-14(2)12-16/h5,8-9,12,15H,4,6-7,10-11,13,17H2,1-3H3. The fourth-order valence-electron chi connectivity index (χ4n) is 2.39. The average molecular weight is 248 g/mol. The predicted molar refractivity (Wildman–Crippen MR) is 81.1 cm³/mol. The molecule has 0 amide bonds. The highest BCUT2D eigenvalue weighted by Crippen LogP contribution is 2.19. The summed E-state index contributed by atoms with van der Waals surface area (Å²) in [5.41, 5.74) is 8.31. The lowest BCUT2D eigenvalue weighted by Crippen LogP contribution is -2.30. The van der Waals surface area contributed by atoms with Gasteiger partial charge >= 0.3 is 0 Å². The monoisotopic (exact) mass is 248 g/mol. The third-order valence-corrected chi connectivity index (χ3v) is 3.31. The maximum atomic E-state index is 5.65. The molecular formula is C16H28N2. The molecule has 2 nitrogen and oxygen atoms in total. The van der Waals surface area contributed by atoms with E-state index in [2.05, 4.69) is 49.9 Å². The van der Waals surface area contributed by atoms with Gasteiger partial charge < -0.3 is 10.6 Å². The molecule has 2 heteroatoms. The minimum absolute atomic E-state index is 0.744. The van der Waals surface area contributed by atoms with E-state index >= 15 is 0 Å². The molecule has 18 heavy (non-hydrogen) atoms. The molecule has 102 valence electrons. The summed E-state index contributed by atoms with van der Waals surface area (Å²) in [5.74, 6) is 0.744. The summed E-state index contributed by atoms with van der Waals surface area (Å²) in [5, 5.41) is 0. The second-order valence-corrected chi connectivity index (χ2v) is 5.32. The molecular weight excluding hydrogens is 220 g/mol. The van der Waals surface area contributed by atoms with E-state index in [0.29, 0.717) is 0 Å².